The van der Waals surface area contributed by atoms with Crippen molar-refractivity contribution in [2.45, 2.75) is 62.8 Å². The lowest BCUT2D eigenvalue weighted by atomic mass is 10.00. The number of piperidine rings is 1. The van der Waals surface area contributed by atoms with Crippen LogP contribution in [0, 0.1) is 0 Å². The van der Waals surface area contributed by atoms with Crippen LogP contribution in [0.25, 0.3) is 0 Å². The molecule has 2 fully saturated rings. The van der Waals surface area contributed by atoms with Gasteiger partial charge in [0.2, 0.25) is 21.8 Å². The van der Waals surface area contributed by atoms with E-state index in [1.807, 2.05) is 0 Å². The number of ether oxygens (including phenoxy) is 1. The first-order chi connectivity index (χ1) is 14.4. The Hall–Kier alpha value is -1.97. The summed E-state index contributed by atoms with van der Waals surface area (Å²) in [5.41, 5.74) is 0.173. The standard InChI is InChI=1S/C21H31N3O5S/c1-3-16-7-4-5-13-23(16)14-6-12-22-30(27,28)17-8-9-19(29-2)18(15-17)24-20(25)10-11-21(24)26/h8-9,15-16,22H,3-7,10-14H2,1-2H3. The summed E-state index contributed by atoms with van der Waals surface area (Å²) in [7, 11) is -2.35. The predicted molar refractivity (Wildman–Crippen MR) is 114 cm³/mol. The van der Waals surface area contributed by atoms with Gasteiger partial charge in [0.15, 0.2) is 0 Å². The van der Waals surface area contributed by atoms with Gasteiger partial charge in [-0.2, -0.15) is 0 Å². The molecular formula is C21H31N3O5S. The second kappa shape index (κ2) is 9.89. The van der Waals surface area contributed by atoms with Crippen LogP contribution in [0.1, 0.15) is 51.9 Å². The monoisotopic (exact) mass is 437 g/mol. The van der Waals surface area contributed by atoms with E-state index in [4.69, 9.17) is 4.74 Å². The van der Waals surface area contributed by atoms with Gasteiger partial charge in [-0.25, -0.2) is 18.0 Å². The Morgan fingerprint density at radius 3 is 2.57 bits per heavy atom. The molecule has 1 unspecified atom stereocenters. The molecule has 0 bridgehead atoms. The molecule has 0 spiro atoms. The highest BCUT2D eigenvalue weighted by atomic mass is 32.2. The van der Waals surface area contributed by atoms with Crippen molar-refractivity contribution in [2.75, 3.05) is 31.6 Å². The van der Waals surface area contributed by atoms with Crippen LogP contribution in [0.2, 0.25) is 0 Å². The molecule has 0 saturated carbocycles. The number of carbonyl (C=O) groups is 2. The Morgan fingerprint density at radius 2 is 1.90 bits per heavy atom. The van der Waals surface area contributed by atoms with Crippen molar-refractivity contribution in [3.8, 4) is 5.75 Å². The number of hydrogen-bond acceptors (Lipinski definition) is 6. The molecule has 1 aromatic rings. The minimum absolute atomic E-state index is 0.00945. The predicted octanol–water partition coefficient (Wildman–Crippen LogP) is 2.28. The normalized spacial score (nSPS) is 20.7. The van der Waals surface area contributed by atoms with Crippen LogP contribution < -0.4 is 14.4 Å². The van der Waals surface area contributed by atoms with Gasteiger partial charge in [-0.05, 0) is 57.0 Å². The number of carbonyl (C=O) groups excluding carboxylic acids is 2. The van der Waals surface area contributed by atoms with Crippen LogP contribution in [0.4, 0.5) is 5.69 Å². The topological polar surface area (TPSA) is 96.0 Å². The van der Waals surface area contributed by atoms with Gasteiger partial charge in [-0.1, -0.05) is 13.3 Å². The third-order valence-corrected chi connectivity index (χ3v) is 7.35. The van der Waals surface area contributed by atoms with E-state index >= 15 is 0 Å². The summed E-state index contributed by atoms with van der Waals surface area (Å²) in [4.78, 5) is 27.7. The Balaban J connectivity index is 1.66. The maximum atomic E-state index is 12.8. The highest BCUT2D eigenvalue weighted by Gasteiger charge is 2.33. The van der Waals surface area contributed by atoms with E-state index in [1.165, 1.54) is 44.6 Å². The maximum Gasteiger partial charge on any atom is 0.240 e. The van der Waals surface area contributed by atoms with E-state index in [1.54, 1.807) is 0 Å². The molecule has 1 aromatic carbocycles. The molecule has 9 heteroatoms. The SMILES string of the molecule is CCC1CCCCN1CCCNS(=O)(=O)c1ccc(OC)c(N2C(=O)CCC2=O)c1. The van der Waals surface area contributed by atoms with Crippen LogP contribution in [-0.2, 0) is 19.6 Å². The first kappa shape index (κ1) is 22.7. The van der Waals surface area contributed by atoms with Crippen LogP contribution in [0.5, 0.6) is 5.75 Å². The third kappa shape index (κ3) is 5.01. The summed E-state index contributed by atoms with van der Waals surface area (Å²) in [5, 5.41) is 0. The van der Waals surface area contributed by atoms with Gasteiger partial charge in [0.1, 0.15) is 5.75 Å². The number of rotatable bonds is 9. The molecule has 2 amide bonds. The molecule has 2 aliphatic rings. The van der Waals surface area contributed by atoms with Crippen LogP contribution in [-0.4, -0.2) is 57.9 Å². The summed E-state index contributed by atoms with van der Waals surface area (Å²) in [5.74, 6) is -0.422. The second-order valence-corrected chi connectivity index (χ2v) is 9.57. The molecule has 1 N–H and O–H groups in total. The molecule has 2 heterocycles. The van der Waals surface area contributed by atoms with Gasteiger partial charge >= 0.3 is 0 Å². The van der Waals surface area contributed by atoms with Crippen molar-refractivity contribution in [2.24, 2.45) is 0 Å². The average molecular weight is 438 g/mol. The fourth-order valence-corrected chi connectivity index (χ4v) is 5.34. The van der Waals surface area contributed by atoms with Crippen molar-refractivity contribution in [3.63, 3.8) is 0 Å². The molecule has 3 rings (SSSR count). The Morgan fingerprint density at radius 1 is 1.17 bits per heavy atom. The number of amides is 2. The molecule has 0 radical (unpaired) electrons. The molecule has 2 aliphatic heterocycles. The lowest BCUT2D eigenvalue weighted by molar-refractivity contribution is -0.121. The number of methoxy groups -OCH3 is 1. The summed E-state index contributed by atoms with van der Waals surface area (Å²) >= 11 is 0. The zero-order chi connectivity index (χ0) is 21.7. The smallest absolute Gasteiger partial charge is 0.240 e. The van der Waals surface area contributed by atoms with E-state index in [0.717, 1.165) is 30.8 Å². The van der Waals surface area contributed by atoms with Gasteiger partial charge in [0.05, 0.1) is 17.7 Å². The van der Waals surface area contributed by atoms with Gasteiger partial charge in [-0.15, -0.1) is 0 Å². The molecule has 2 saturated heterocycles. The third-order valence-electron chi connectivity index (χ3n) is 5.89. The Labute approximate surface area is 178 Å². The summed E-state index contributed by atoms with van der Waals surface area (Å²) in [6, 6.07) is 4.82. The van der Waals surface area contributed by atoms with Crippen molar-refractivity contribution >= 4 is 27.5 Å². The van der Waals surface area contributed by atoms with Gasteiger partial charge in [-0.3, -0.25) is 9.59 Å². The highest BCUT2D eigenvalue weighted by molar-refractivity contribution is 7.89. The molecule has 8 nitrogen and oxygen atoms in total. The highest BCUT2D eigenvalue weighted by Crippen LogP contribution is 2.34. The van der Waals surface area contributed by atoms with Crippen molar-refractivity contribution in [3.05, 3.63) is 18.2 Å². The maximum absolute atomic E-state index is 12.8. The van der Waals surface area contributed by atoms with E-state index in [9.17, 15) is 18.0 Å². The van der Waals surface area contributed by atoms with Crippen LogP contribution in [0.3, 0.4) is 0 Å². The number of nitrogens with one attached hydrogen (secondary N) is 1. The minimum atomic E-state index is -3.77. The summed E-state index contributed by atoms with van der Waals surface area (Å²) in [6.07, 6.45) is 5.76. The van der Waals surface area contributed by atoms with E-state index in [0.29, 0.717) is 12.6 Å². The molecule has 166 valence electrons. The summed E-state index contributed by atoms with van der Waals surface area (Å²) < 4.78 is 33.4. The average Bonchev–Trinajstić information content (AvgIpc) is 3.08. The van der Waals surface area contributed by atoms with Gasteiger partial charge in [0, 0.05) is 25.4 Å². The lowest BCUT2D eigenvalue weighted by Crippen LogP contribution is -2.40. The van der Waals surface area contributed by atoms with Crippen molar-refractivity contribution in [1.82, 2.24) is 9.62 Å². The van der Waals surface area contributed by atoms with E-state index < -0.39 is 10.0 Å². The number of anilines is 1. The number of imide groups is 1. The number of hydrogen-bond donors (Lipinski definition) is 1. The molecule has 0 aromatic heterocycles. The van der Waals surface area contributed by atoms with Crippen molar-refractivity contribution < 1.29 is 22.7 Å². The van der Waals surface area contributed by atoms with Gasteiger partial charge < -0.3 is 9.64 Å². The zero-order valence-electron chi connectivity index (χ0n) is 17.7. The lowest BCUT2D eigenvalue weighted by Gasteiger charge is -2.35. The number of nitrogens with zero attached hydrogens (tertiary/aromatic N) is 2. The molecular weight excluding hydrogens is 406 g/mol. The van der Waals surface area contributed by atoms with Gasteiger partial charge in [0.25, 0.3) is 0 Å². The zero-order valence-corrected chi connectivity index (χ0v) is 18.5. The molecule has 30 heavy (non-hydrogen) atoms. The van der Waals surface area contributed by atoms with Crippen molar-refractivity contribution in [1.29, 1.82) is 0 Å². The van der Waals surface area contributed by atoms with Crippen LogP contribution >= 0.6 is 0 Å². The molecule has 1 atom stereocenters. The van der Waals surface area contributed by atoms with E-state index in [2.05, 4.69) is 16.5 Å². The second-order valence-electron chi connectivity index (χ2n) is 7.80. The largest absolute Gasteiger partial charge is 0.495 e. The first-order valence-electron chi connectivity index (χ1n) is 10.6. The number of benzene rings is 1. The fraction of sp³-hybridized carbons (Fsp3) is 0.619. The van der Waals surface area contributed by atoms with E-state index in [-0.39, 0.29) is 41.0 Å². The first-order valence-corrected chi connectivity index (χ1v) is 12.1. The Kier molecular flexibility index (Phi) is 7.49. The fourth-order valence-electron chi connectivity index (χ4n) is 4.25. The number of sulfonamides is 1. The number of likely N-dealkylation sites (tertiary alicyclic amines) is 1. The summed E-state index contributed by atoms with van der Waals surface area (Å²) in [6.45, 7) is 4.47. The molecule has 0 aliphatic carbocycles. The quantitative estimate of drug-likeness (QED) is 0.470. The minimum Gasteiger partial charge on any atom is -0.495 e. The Bertz CT molecular complexity index is 871. The van der Waals surface area contributed by atoms with Crippen LogP contribution in [0.15, 0.2) is 23.1 Å².